The molecule has 0 unspecified atom stereocenters. The smallest absolute Gasteiger partial charge is 0.339 e. The van der Waals surface area contributed by atoms with Crippen LogP contribution in [0.5, 0.6) is 0 Å². The van der Waals surface area contributed by atoms with Crippen molar-refractivity contribution in [1.82, 2.24) is 10.9 Å². The highest BCUT2D eigenvalue weighted by Gasteiger charge is 2.19. The molecule has 0 saturated carbocycles. The van der Waals surface area contributed by atoms with Crippen LogP contribution < -0.4 is 10.9 Å². The normalized spacial score (nSPS) is 15.5. The molecule has 29 heavy (non-hydrogen) atoms. The average Bonchev–Trinajstić information content (AvgIpc) is 3.29. The number of amides is 2. The molecule has 2 N–H and O–H groups in total. The van der Waals surface area contributed by atoms with E-state index in [2.05, 4.69) is 10.9 Å². The van der Waals surface area contributed by atoms with Crippen LogP contribution in [0, 0.1) is 0 Å². The van der Waals surface area contributed by atoms with E-state index in [1.807, 2.05) is 12.1 Å². The van der Waals surface area contributed by atoms with Gasteiger partial charge in [-0.2, -0.15) is 0 Å². The lowest BCUT2D eigenvalue weighted by Gasteiger charge is -2.12. The second kappa shape index (κ2) is 10.6. The van der Waals surface area contributed by atoms with E-state index in [1.54, 1.807) is 42.5 Å². The summed E-state index contributed by atoms with van der Waals surface area (Å²) >= 11 is 1.54. The third kappa shape index (κ3) is 6.33. The summed E-state index contributed by atoms with van der Waals surface area (Å²) in [6.07, 6.45) is 2.28. The summed E-state index contributed by atoms with van der Waals surface area (Å²) in [6.45, 7) is 0.281. The lowest BCUT2D eigenvalue weighted by Crippen LogP contribution is -2.43. The first-order chi connectivity index (χ1) is 14.1. The number of ether oxygens (including phenoxy) is 2. The fourth-order valence-electron chi connectivity index (χ4n) is 2.75. The van der Waals surface area contributed by atoms with E-state index < -0.39 is 24.4 Å². The van der Waals surface area contributed by atoms with E-state index in [0.29, 0.717) is 11.1 Å². The molecule has 0 bridgehead atoms. The molecule has 1 atom stereocenters. The van der Waals surface area contributed by atoms with Gasteiger partial charge >= 0.3 is 5.97 Å². The van der Waals surface area contributed by atoms with Gasteiger partial charge in [-0.25, -0.2) is 4.79 Å². The maximum atomic E-state index is 12.4. The summed E-state index contributed by atoms with van der Waals surface area (Å²) in [5.74, 6) is -0.922. The highest BCUT2D eigenvalue weighted by Crippen LogP contribution is 2.27. The summed E-state index contributed by atoms with van der Waals surface area (Å²) in [4.78, 5) is 36.9. The predicted molar refractivity (Wildman–Crippen MR) is 108 cm³/mol. The number of esters is 1. The Bertz CT molecular complexity index is 853. The number of rotatable bonds is 7. The molecule has 1 fully saturated rings. The van der Waals surface area contributed by atoms with E-state index in [-0.39, 0.29) is 6.10 Å². The van der Waals surface area contributed by atoms with Gasteiger partial charge in [-0.15, -0.1) is 11.8 Å². The van der Waals surface area contributed by atoms with E-state index in [9.17, 15) is 14.4 Å². The van der Waals surface area contributed by atoms with Crippen LogP contribution in [0.15, 0.2) is 59.5 Å². The zero-order valence-electron chi connectivity index (χ0n) is 15.8. The van der Waals surface area contributed by atoms with Crippen molar-refractivity contribution in [3.8, 4) is 0 Å². The summed E-state index contributed by atoms with van der Waals surface area (Å²) in [5.41, 5.74) is 5.31. The molecule has 1 aliphatic heterocycles. The zero-order valence-corrected chi connectivity index (χ0v) is 16.6. The Labute approximate surface area is 173 Å². The molecule has 152 valence electrons. The summed E-state index contributed by atoms with van der Waals surface area (Å²) in [5, 5.41) is 0. The SMILES string of the molecule is O=C(COC(=O)c1ccccc1SC[C@H]1CCCO1)NNC(=O)c1ccccc1. The molecule has 0 spiro atoms. The number of thioether (sulfide) groups is 1. The van der Waals surface area contributed by atoms with Crippen molar-refractivity contribution in [2.45, 2.75) is 23.8 Å². The van der Waals surface area contributed by atoms with Crippen LogP contribution >= 0.6 is 11.8 Å². The summed E-state index contributed by atoms with van der Waals surface area (Å²) in [6, 6.07) is 15.5. The monoisotopic (exact) mass is 414 g/mol. The fraction of sp³-hybridized carbons (Fsp3) is 0.286. The zero-order chi connectivity index (χ0) is 20.5. The maximum absolute atomic E-state index is 12.4. The molecule has 0 radical (unpaired) electrons. The highest BCUT2D eigenvalue weighted by molar-refractivity contribution is 7.99. The lowest BCUT2D eigenvalue weighted by atomic mass is 10.2. The van der Waals surface area contributed by atoms with Crippen LogP contribution in [0.4, 0.5) is 0 Å². The second-order valence-electron chi connectivity index (χ2n) is 6.39. The van der Waals surface area contributed by atoms with Gasteiger partial charge in [0.2, 0.25) is 0 Å². The van der Waals surface area contributed by atoms with Crippen LogP contribution in [-0.2, 0) is 14.3 Å². The summed E-state index contributed by atoms with van der Waals surface area (Å²) in [7, 11) is 0. The molecular formula is C21H22N2O5S. The largest absolute Gasteiger partial charge is 0.452 e. The van der Waals surface area contributed by atoms with Gasteiger partial charge in [0, 0.05) is 22.8 Å². The van der Waals surface area contributed by atoms with Gasteiger partial charge in [0.05, 0.1) is 11.7 Å². The van der Waals surface area contributed by atoms with Gasteiger partial charge in [0.15, 0.2) is 6.61 Å². The second-order valence-corrected chi connectivity index (χ2v) is 7.45. The van der Waals surface area contributed by atoms with Crippen molar-refractivity contribution in [1.29, 1.82) is 0 Å². The van der Waals surface area contributed by atoms with E-state index in [0.717, 1.165) is 30.1 Å². The molecule has 2 amide bonds. The predicted octanol–water partition coefficient (Wildman–Crippen LogP) is 2.58. The van der Waals surface area contributed by atoms with Crippen molar-refractivity contribution < 1.29 is 23.9 Å². The Morgan fingerprint density at radius 2 is 1.79 bits per heavy atom. The third-order valence-corrected chi connectivity index (χ3v) is 5.45. The average molecular weight is 414 g/mol. The van der Waals surface area contributed by atoms with Crippen LogP contribution in [0.25, 0.3) is 0 Å². The van der Waals surface area contributed by atoms with Gasteiger partial charge in [-0.3, -0.25) is 20.4 Å². The topological polar surface area (TPSA) is 93.7 Å². The number of hydrogen-bond acceptors (Lipinski definition) is 6. The Morgan fingerprint density at radius 1 is 1.03 bits per heavy atom. The highest BCUT2D eigenvalue weighted by atomic mass is 32.2. The number of nitrogens with one attached hydrogen (secondary N) is 2. The Kier molecular flexibility index (Phi) is 7.66. The molecule has 0 aliphatic carbocycles. The molecule has 3 rings (SSSR count). The fourth-order valence-corrected chi connectivity index (χ4v) is 3.86. The van der Waals surface area contributed by atoms with E-state index >= 15 is 0 Å². The van der Waals surface area contributed by atoms with Gasteiger partial charge < -0.3 is 9.47 Å². The molecule has 2 aromatic rings. The van der Waals surface area contributed by atoms with Crippen molar-refractivity contribution in [2.75, 3.05) is 19.0 Å². The minimum atomic E-state index is -0.632. The van der Waals surface area contributed by atoms with Gasteiger partial charge in [0.1, 0.15) is 0 Å². The van der Waals surface area contributed by atoms with Crippen LogP contribution in [0.1, 0.15) is 33.6 Å². The Balaban J connectivity index is 1.46. The number of carbonyl (C=O) groups is 3. The first kappa shape index (κ1) is 20.9. The van der Waals surface area contributed by atoms with Crippen molar-refractivity contribution >= 4 is 29.5 Å². The Hall–Kier alpha value is -2.84. The van der Waals surface area contributed by atoms with Crippen LogP contribution in [0.2, 0.25) is 0 Å². The molecule has 1 aliphatic rings. The van der Waals surface area contributed by atoms with Crippen LogP contribution in [0.3, 0.4) is 0 Å². The maximum Gasteiger partial charge on any atom is 0.339 e. The quantitative estimate of drug-likeness (QED) is 0.411. The first-order valence-corrected chi connectivity index (χ1v) is 10.3. The third-order valence-electron chi connectivity index (χ3n) is 4.24. The minimum Gasteiger partial charge on any atom is -0.452 e. The number of benzene rings is 2. The Morgan fingerprint density at radius 3 is 2.55 bits per heavy atom. The van der Waals surface area contributed by atoms with Crippen molar-refractivity contribution in [2.24, 2.45) is 0 Å². The van der Waals surface area contributed by atoms with Gasteiger partial charge in [-0.05, 0) is 37.1 Å². The van der Waals surface area contributed by atoms with Crippen molar-refractivity contribution in [3.05, 3.63) is 65.7 Å². The molecule has 8 heteroatoms. The number of hydrogen-bond donors (Lipinski definition) is 2. The van der Waals surface area contributed by atoms with Gasteiger partial charge in [-0.1, -0.05) is 30.3 Å². The lowest BCUT2D eigenvalue weighted by molar-refractivity contribution is -0.125. The minimum absolute atomic E-state index is 0.197. The summed E-state index contributed by atoms with van der Waals surface area (Å²) < 4.78 is 10.7. The standard InChI is InChI=1S/C21H22N2O5S/c24-19(22-23-20(25)15-7-2-1-3-8-15)13-28-21(26)17-10-4-5-11-18(17)29-14-16-9-6-12-27-16/h1-5,7-8,10-11,16H,6,9,12-14H2,(H,22,24)(H,23,25)/t16-/m1/s1. The number of hydrazine groups is 1. The molecule has 7 nitrogen and oxygen atoms in total. The van der Waals surface area contributed by atoms with E-state index in [1.165, 1.54) is 11.8 Å². The number of carbonyl (C=O) groups excluding carboxylic acids is 3. The van der Waals surface area contributed by atoms with Gasteiger partial charge in [0.25, 0.3) is 11.8 Å². The van der Waals surface area contributed by atoms with Crippen molar-refractivity contribution in [3.63, 3.8) is 0 Å². The molecule has 2 aromatic carbocycles. The molecule has 1 saturated heterocycles. The van der Waals surface area contributed by atoms with Crippen LogP contribution in [-0.4, -0.2) is 42.9 Å². The molecular weight excluding hydrogens is 392 g/mol. The molecule has 0 aromatic heterocycles. The molecule has 1 heterocycles. The van der Waals surface area contributed by atoms with E-state index in [4.69, 9.17) is 9.47 Å². The first-order valence-electron chi connectivity index (χ1n) is 9.28.